The highest BCUT2D eigenvalue weighted by Gasteiger charge is 2.13. The van der Waals surface area contributed by atoms with Gasteiger partial charge in [-0.05, 0) is 19.3 Å². The monoisotopic (exact) mass is 407 g/mol. The van der Waals surface area contributed by atoms with Crippen LogP contribution in [0.5, 0.6) is 0 Å². The van der Waals surface area contributed by atoms with Gasteiger partial charge in [0.15, 0.2) is 0 Å². The maximum Gasteiger partial charge on any atom is 0.296 e. The number of hydrogen-bond donors (Lipinski definition) is 1. The van der Waals surface area contributed by atoms with E-state index in [-0.39, 0.29) is 6.42 Å². The van der Waals surface area contributed by atoms with Crippen LogP contribution in [0, 0.1) is 0 Å². The highest BCUT2D eigenvalue weighted by atomic mass is 32.2. The molecule has 0 bridgehead atoms. The third kappa shape index (κ3) is 21.2. The summed E-state index contributed by atoms with van der Waals surface area (Å²) in [6.45, 7) is 5.15. The Kier molecular flexibility index (Phi) is 16.8. The van der Waals surface area contributed by atoms with Crippen molar-refractivity contribution in [3.05, 3.63) is 11.0 Å². The Bertz CT molecular complexity index is 507. The number of hydrogen-bond acceptors (Lipinski definition) is 4. The minimum atomic E-state index is -4.63. The molecule has 0 aliphatic carbocycles. The normalized spacial score (nSPS) is 12.4. The SMILES string of the molecule is CC/C=C(\C(=O)[O-])S(=O)(=O)O.CCCCCCCCCCCC[N+](C)(C)C. The van der Waals surface area contributed by atoms with Crippen LogP contribution in [0.3, 0.4) is 0 Å². The highest BCUT2D eigenvalue weighted by molar-refractivity contribution is 7.90. The van der Waals surface area contributed by atoms with Crippen molar-refractivity contribution in [2.45, 2.75) is 84.5 Å². The third-order valence-corrected chi connectivity index (χ3v) is 4.94. The first-order valence-corrected chi connectivity index (χ1v) is 11.6. The van der Waals surface area contributed by atoms with E-state index in [9.17, 15) is 18.3 Å². The molecule has 0 aromatic heterocycles. The van der Waals surface area contributed by atoms with Gasteiger partial charge in [0, 0.05) is 0 Å². The molecule has 27 heavy (non-hydrogen) atoms. The topological polar surface area (TPSA) is 94.5 Å². The minimum absolute atomic E-state index is 0.198. The molecule has 0 aromatic rings. The van der Waals surface area contributed by atoms with E-state index in [0.717, 1.165) is 10.6 Å². The van der Waals surface area contributed by atoms with E-state index >= 15 is 0 Å². The molecule has 0 saturated heterocycles. The Balaban J connectivity index is 0. The van der Waals surface area contributed by atoms with Crippen molar-refractivity contribution in [1.82, 2.24) is 0 Å². The summed E-state index contributed by atoms with van der Waals surface area (Å²) in [6, 6.07) is 0. The van der Waals surface area contributed by atoms with Crippen molar-refractivity contribution < 1.29 is 27.4 Å². The fraction of sp³-hybridized carbons (Fsp3) is 0.850. The molecule has 0 aliphatic heterocycles. The van der Waals surface area contributed by atoms with Gasteiger partial charge in [0.05, 0.1) is 33.7 Å². The van der Waals surface area contributed by atoms with Gasteiger partial charge in [0.2, 0.25) is 0 Å². The molecule has 0 heterocycles. The lowest BCUT2D eigenvalue weighted by Crippen LogP contribution is -2.35. The molecule has 0 unspecified atom stereocenters. The second-order valence-electron chi connectivity index (χ2n) is 7.94. The van der Waals surface area contributed by atoms with Crippen LogP contribution in [0.2, 0.25) is 0 Å². The first-order valence-electron chi connectivity index (χ1n) is 10.1. The molecule has 0 atom stereocenters. The van der Waals surface area contributed by atoms with E-state index in [0.29, 0.717) is 0 Å². The zero-order chi connectivity index (χ0) is 21.3. The summed E-state index contributed by atoms with van der Waals surface area (Å²) >= 11 is 0. The second kappa shape index (κ2) is 16.1. The number of carbonyl (C=O) groups excluding carboxylic acids is 1. The van der Waals surface area contributed by atoms with Gasteiger partial charge in [-0.15, -0.1) is 0 Å². The molecule has 6 nitrogen and oxygen atoms in total. The summed E-state index contributed by atoms with van der Waals surface area (Å²) in [5.74, 6) is -1.89. The molecular formula is C20H41NO5S. The van der Waals surface area contributed by atoms with Gasteiger partial charge in [-0.1, -0.05) is 71.3 Å². The predicted octanol–water partition coefficient (Wildman–Crippen LogP) is 3.53. The summed E-state index contributed by atoms with van der Waals surface area (Å²) in [5.41, 5.74) is 0. The Morgan fingerprint density at radius 2 is 1.30 bits per heavy atom. The molecule has 0 radical (unpaired) electrons. The number of carboxylic acid groups (broad SMARTS) is 1. The van der Waals surface area contributed by atoms with E-state index < -0.39 is 21.0 Å². The Hall–Kier alpha value is -0.920. The number of quaternary nitrogens is 1. The first kappa shape index (κ1) is 28.3. The standard InChI is InChI=1S/C15H34N.C5H8O5S/c1-5-6-7-8-9-10-11-12-13-14-15-16(2,3)4;1-2-3-4(5(6)7)11(8,9)10/h5-15H2,1-4H3;3H,2H2,1H3,(H,6,7)(H,8,9,10)/q+1;/p-1/b;4-3+. The van der Waals surface area contributed by atoms with Crippen LogP contribution in [-0.4, -0.2) is 51.1 Å². The number of unbranched alkanes of at least 4 members (excludes halogenated alkanes) is 9. The summed E-state index contributed by atoms with van der Waals surface area (Å²) in [5, 5.41) is 10.0. The van der Waals surface area contributed by atoms with E-state index in [4.69, 9.17) is 4.55 Å². The van der Waals surface area contributed by atoms with Gasteiger partial charge in [-0.2, -0.15) is 8.42 Å². The molecule has 0 rings (SSSR count). The fourth-order valence-electron chi connectivity index (χ4n) is 2.55. The molecule has 0 saturated carbocycles. The fourth-order valence-corrected chi connectivity index (χ4v) is 3.14. The van der Waals surface area contributed by atoms with Crippen molar-refractivity contribution in [3.8, 4) is 0 Å². The zero-order valence-electron chi connectivity index (χ0n) is 18.0. The van der Waals surface area contributed by atoms with Crippen molar-refractivity contribution in [2.75, 3.05) is 27.7 Å². The summed E-state index contributed by atoms with van der Waals surface area (Å²) in [7, 11) is 2.23. The van der Waals surface area contributed by atoms with Gasteiger partial charge in [0.25, 0.3) is 10.1 Å². The number of nitrogens with zero attached hydrogens (tertiary/aromatic N) is 1. The van der Waals surface area contributed by atoms with Gasteiger partial charge in [-0.25, -0.2) is 0 Å². The van der Waals surface area contributed by atoms with Gasteiger partial charge in [0.1, 0.15) is 4.91 Å². The van der Waals surface area contributed by atoms with Crippen LogP contribution < -0.4 is 5.11 Å². The van der Waals surface area contributed by atoms with Crippen LogP contribution in [-0.2, 0) is 14.9 Å². The number of aliphatic carboxylic acids is 1. The number of carboxylic acids is 1. The van der Waals surface area contributed by atoms with Crippen molar-refractivity contribution in [1.29, 1.82) is 0 Å². The lowest BCUT2D eigenvalue weighted by Gasteiger charge is -2.23. The van der Waals surface area contributed by atoms with Gasteiger partial charge in [-0.3, -0.25) is 4.55 Å². The molecule has 0 amide bonds. The molecule has 0 aromatic carbocycles. The quantitative estimate of drug-likeness (QED) is 0.206. The maximum absolute atomic E-state index is 10.2. The number of rotatable bonds is 14. The molecule has 0 aliphatic rings. The van der Waals surface area contributed by atoms with Crippen molar-refractivity contribution in [3.63, 3.8) is 0 Å². The highest BCUT2D eigenvalue weighted by Crippen LogP contribution is 2.11. The third-order valence-electron chi connectivity index (χ3n) is 4.05. The lowest BCUT2D eigenvalue weighted by atomic mass is 10.1. The second-order valence-corrected chi connectivity index (χ2v) is 9.33. The molecular weight excluding hydrogens is 366 g/mol. The largest absolute Gasteiger partial charge is 0.544 e. The van der Waals surface area contributed by atoms with E-state index in [1.54, 1.807) is 0 Å². The summed E-state index contributed by atoms with van der Waals surface area (Å²) in [6.07, 6.45) is 15.5. The van der Waals surface area contributed by atoms with Crippen molar-refractivity contribution >= 4 is 16.1 Å². The number of carbonyl (C=O) groups is 1. The Morgan fingerprint density at radius 3 is 1.56 bits per heavy atom. The van der Waals surface area contributed by atoms with Crippen molar-refractivity contribution in [2.24, 2.45) is 0 Å². The van der Waals surface area contributed by atoms with Crippen LogP contribution in [0.1, 0.15) is 84.5 Å². The molecule has 162 valence electrons. The van der Waals surface area contributed by atoms with Gasteiger partial charge < -0.3 is 14.4 Å². The average molecular weight is 408 g/mol. The summed E-state index contributed by atoms with van der Waals surface area (Å²) in [4.78, 5) is 8.93. The average Bonchev–Trinajstić information content (AvgIpc) is 2.52. The minimum Gasteiger partial charge on any atom is -0.544 e. The molecule has 0 fully saturated rings. The Morgan fingerprint density at radius 1 is 0.889 bits per heavy atom. The lowest BCUT2D eigenvalue weighted by molar-refractivity contribution is -0.870. The Labute approximate surface area is 167 Å². The predicted molar refractivity (Wildman–Crippen MR) is 110 cm³/mol. The van der Waals surface area contributed by atoms with E-state index in [2.05, 4.69) is 28.1 Å². The van der Waals surface area contributed by atoms with E-state index in [1.807, 2.05) is 0 Å². The van der Waals surface area contributed by atoms with Crippen LogP contribution in [0.25, 0.3) is 0 Å². The zero-order valence-corrected chi connectivity index (χ0v) is 18.8. The summed E-state index contributed by atoms with van der Waals surface area (Å²) < 4.78 is 29.8. The van der Waals surface area contributed by atoms with Crippen LogP contribution in [0.15, 0.2) is 11.0 Å². The molecule has 0 spiro atoms. The maximum atomic E-state index is 10.2. The number of allylic oxidation sites excluding steroid dienone is 1. The smallest absolute Gasteiger partial charge is 0.296 e. The van der Waals surface area contributed by atoms with Crippen LogP contribution in [0.4, 0.5) is 0 Å². The first-order chi connectivity index (χ1) is 12.5. The molecule has 7 heteroatoms. The van der Waals surface area contributed by atoms with Gasteiger partial charge >= 0.3 is 0 Å². The van der Waals surface area contributed by atoms with Crippen LogP contribution >= 0.6 is 0 Å². The van der Waals surface area contributed by atoms with E-state index in [1.165, 1.54) is 77.7 Å². The molecule has 1 N–H and O–H groups in total.